The van der Waals surface area contributed by atoms with Crippen molar-refractivity contribution in [1.29, 1.82) is 0 Å². The number of hydrogen-bond donors (Lipinski definition) is 4. The number of anilines is 2. The number of benzene rings is 3. The molecule has 11 heteroatoms. The molecule has 1 saturated carbocycles. The van der Waals surface area contributed by atoms with Gasteiger partial charge in [0.05, 0.1) is 18.2 Å². The lowest BCUT2D eigenvalue weighted by Crippen LogP contribution is -2.35. The zero-order valence-electron chi connectivity index (χ0n) is 20.7. The maximum atomic E-state index is 13.1. The van der Waals surface area contributed by atoms with E-state index in [1.54, 1.807) is 48.1 Å². The van der Waals surface area contributed by atoms with Crippen LogP contribution in [0.5, 0.6) is 17.2 Å². The van der Waals surface area contributed by atoms with Crippen LogP contribution in [-0.2, 0) is 9.59 Å². The van der Waals surface area contributed by atoms with Crippen LogP contribution < -0.4 is 25.6 Å². The first kappa shape index (κ1) is 25.6. The van der Waals surface area contributed by atoms with Crippen molar-refractivity contribution in [3.05, 3.63) is 84.3 Å². The van der Waals surface area contributed by atoms with Gasteiger partial charge in [0.2, 0.25) is 11.8 Å². The zero-order chi connectivity index (χ0) is 27.6. The van der Waals surface area contributed by atoms with Crippen molar-refractivity contribution in [3.8, 4) is 17.2 Å². The van der Waals surface area contributed by atoms with Crippen molar-refractivity contribution in [3.63, 3.8) is 0 Å². The molecule has 5 rings (SSSR count). The minimum absolute atomic E-state index is 0.0980. The third kappa shape index (κ3) is 5.20. The summed E-state index contributed by atoms with van der Waals surface area (Å²) in [6.45, 7) is 0. The minimum atomic E-state index is -1.18. The molecule has 4 N–H and O–H groups in total. The fourth-order valence-electron chi connectivity index (χ4n) is 4.09. The van der Waals surface area contributed by atoms with Gasteiger partial charge in [0.1, 0.15) is 28.5 Å². The Bertz CT molecular complexity index is 1570. The Morgan fingerprint density at radius 1 is 0.897 bits per heavy atom. The van der Waals surface area contributed by atoms with Gasteiger partial charge in [0, 0.05) is 29.0 Å². The second-order valence-electron chi connectivity index (χ2n) is 8.94. The number of carbonyl (C=O) groups is 3. The van der Waals surface area contributed by atoms with Gasteiger partial charge in [-0.15, -0.1) is 0 Å². The van der Waals surface area contributed by atoms with Crippen molar-refractivity contribution < 1.29 is 33.5 Å². The van der Waals surface area contributed by atoms with Crippen LogP contribution in [0.4, 0.5) is 15.8 Å². The average Bonchev–Trinajstić information content (AvgIpc) is 3.77. The van der Waals surface area contributed by atoms with Crippen molar-refractivity contribution >= 4 is 40.0 Å². The molecule has 0 saturated heterocycles. The Kier molecular flexibility index (Phi) is 6.82. The molecule has 0 unspecified atom stereocenters. The minimum Gasteiger partial charge on any atom is -0.496 e. The second kappa shape index (κ2) is 10.4. The van der Waals surface area contributed by atoms with E-state index in [-0.39, 0.29) is 11.3 Å². The van der Waals surface area contributed by atoms with Crippen LogP contribution in [-0.4, -0.2) is 35.0 Å². The molecule has 1 aliphatic rings. The molecule has 0 atom stereocenters. The molecule has 3 amide bonds. The van der Waals surface area contributed by atoms with E-state index in [1.165, 1.54) is 37.4 Å². The molecule has 10 nitrogen and oxygen atoms in total. The fraction of sp³-hybridized carbons (Fsp3) is 0.143. The molecule has 3 aromatic carbocycles. The number of fused-ring (bicyclic) bond motifs is 1. The maximum Gasteiger partial charge on any atom is 0.278 e. The molecule has 1 aliphatic carbocycles. The lowest BCUT2D eigenvalue weighted by atomic mass is 10.0. The molecule has 0 bridgehead atoms. The Morgan fingerprint density at radius 3 is 2.08 bits per heavy atom. The van der Waals surface area contributed by atoms with E-state index in [9.17, 15) is 18.8 Å². The summed E-state index contributed by atoms with van der Waals surface area (Å²) in [5.41, 5.74) is 1.90. The molecular formula is C28H23FN4O6. The van der Waals surface area contributed by atoms with Crippen molar-refractivity contribution in [1.82, 2.24) is 10.5 Å². The summed E-state index contributed by atoms with van der Waals surface area (Å²) in [5.74, 6) is -0.959. The number of nitrogens with zero attached hydrogens (tertiary/aromatic N) is 1. The van der Waals surface area contributed by atoms with Gasteiger partial charge in [0.25, 0.3) is 5.91 Å². The Balaban J connectivity index is 1.29. The van der Waals surface area contributed by atoms with Gasteiger partial charge in [-0.05, 0) is 73.5 Å². The Hall–Kier alpha value is -5.03. The molecule has 0 radical (unpaired) electrons. The molecule has 0 spiro atoms. The van der Waals surface area contributed by atoms with Gasteiger partial charge in [-0.1, -0.05) is 0 Å². The number of hydroxylamine groups is 1. The van der Waals surface area contributed by atoms with Gasteiger partial charge in [-0.3, -0.25) is 24.6 Å². The molecule has 1 fully saturated rings. The highest BCUT2D eigenvalue weighted by atomic mass is 19.1. The summed E-state index contributed by atoms with van der Waals surface area (Å²) in [4.78, 5) is 42.1. The number of hydrogen-bond acceptors (Lipinski definition) is 7. The lowest BCUT2D eigenvalue weighted by Gasteiger charge is -2.16. The number of pyridine rings is 1. The SMILES string of the molecule is COc1cc2nccc(Oc3ccc(NC(=O)C4(C(=O)Nc5ccc(F)cc5)CC4)cc3)c2cc1C(=O)NO. The van der Waals surface area contributed by atoms with Crippen LogP contribution in [0.3, 0.4) is 0 Å². The van der Waals surface area contributed by atoms with Crippen molar-refractivity contribution in [2.24, 2.45) is 5.41 Å². The molecule has 1 heterocycles. The number of methoxy groups -OCH3 is 1. The summed E-state index contributed by atoms with van der Waals surface area (Å²) in [6.07, 6.45) is 2.36. The number of ether oxygens (including phenoxy) is 2. The highest BCUT2D eigenvalue weighted by molar-refractivity contribution is 6.16. The third-order valence-corrected chi connectivity index (χ3v) is 6.43. The van der Waals surface area contributed by atoms with Crippen LogP contribution in [0, 0.1) is 11.2 Å². The van der Waals surface area contributed by atoms with Crippen LogP contribution in [0.1, 0.15) is 23.2 Å². The van der Waals surface area contributed by atoms with Gasteiger partial charge in [-0.25, -0.2) is 9.87 Å². The highest BCUT2D eigenvalue weighted by Gasteiger charge is 2.56. The smallest absolute Gasteiger partial charge is 0.278 e. The largest absolute Gasteiger partial charge is 0.496 e. The van der Waals surface area contributed by atoms with Crippen LogP contribution in [0.25, 0.3) is 10.9 Å². The predicted octanol–water partition coefficient (Wildman–Crippen LogP) is 4.65. The second-order valence-corrected chi connectivity index (χ2v) is 8.94. The van der Waals surface area contributed by atoms with E-state index in [0.717, 1.165) is 0 Å². The van der Waals surface area contributed by atoms with E-state index >= 15 is 0 Å². The topological polar surface area (TPSA) is 139 Å². The van der Waals surface area contributed by atoms with Crippen molar-refractivity contribution in [2.75, 3.05) is 17.7 Å². The fourth-order valence-corrected chi connectivity index (χ4v) is 4.09. The molecular weight excluding hydrogens is 507 g/mol. The summed E-state index contributed by atoms with van der Waals surface area (Å²) >= 11 is 0. The third-order valence-electron chi connectivity index (χ3n) is 6.43. The predicted molar refractivity (Wildman–Crippen MR) is 139 cm³/mol. The van der Waals surface area contributed by atoms with Gasteiger partial charge in [0.15, 0.2) is 0 Å². The average molecular weight is 531 g/mol. The molecule has 198 valence electrons. The van der Waals surface area contributed by atoms with E-state index in [0.29, 0.717) is 46.6 Å². The van der Waals surface area contributed by atoms with Crippen LogP contribution in [0.2, 0.25) is 0 Å². The summed E-state index contributed by atoms with van der Waals surface area (Å²) in [6, 6.07) is 16.6. The summed E-state index contributed by atoms with van der Waals surface area (Å²) in [7, 11) is 1.40. The maximum absolute atomic E-state index is 13.1. The van der Waals surface area contributed by atoms with Gasteiger partial charge in [-0.2, -0.15) is 0 Å². The first-order chi connectivity index (χ1) is 18.8. The first-order valence-electron chi connectivity index (χ1n) is 11.9. The first-order valence-corrected chi connectivity index (χ1v) is 11.9. The monoisotopic (exact) mass is 530 g/mol. The Labute approximate surface area is 221 Å². The van der Waals surface area contributed by atoms with Crippen LogP contribution >= 0.6 is 0 Å². The highest BCUT2D eigenvalue weighted by Crippen LogP contribution is 2.47. The molecule has 39 heavy (non-hydrogen) atoms. The number of carbonyl (C=O) groups excluding carboxylic acids is 3. The Morgan fingerprint density at radius 2 is 1.51 bits per heavy atom. The summed E-state index contributed by atoms with van der Waals surface area (Å²) < 4.78 is 24.4. The van der Waals surface area contributed by atoms with Gasteiger partial charge < -0.3 is 20.1 Å². The van der Waals surface area contributed by atoms with Crippen molar-refractivity contribution in [2.45, 2.75) is 12.8 Å². The number of aromatic nitrogens is 1. The van der Waals surface area contributed by atoms with Gasteiger partial charge >= 0.3 is 0 Å². The molecule has 4 aromatic rings. The molecule has 1 aromatic heterocycles. The van der Waals surface area contributed by atoms with E-state index in [1.807, 2.05) is 0 Å². The quantitative estimate of drug-likeness (QED) is 0.148. The number of rotatable bonds is 8. The number of nitrogens with one attached hydrogen (secondary N) is 3. The zero-order valence-corrected chi connectivity index (χ0v) is 20.7. The lowest BCUT2D eigenvalue weighted by molar-refractivity contribution is -0.131. The molecule has 0 aliphatic heterocycles. The summed E-state index contributed by atoms with van der Waals surface area (Å²) in [5, 5.41) is 15.0. The number of amides is 3. The van der Waals surface area contributed by atoms with Crippen LogP contribution in [0.15, 0.2) is 72.9 Å². The van der Waals surface area contributed by atoms with E-state index in [2.05, 4.69) is 15.6 Å². The van der Waals surface area contributed by atoms with E-state index < -0.39 is 29.0 Å². The number of halogens is 1. The van der Waals surface area contributed by atoms with E-state index in [4.69, 9.17) is 14.7 Å². The standard InChI is InChI=1S/C28H23FN4O6/c1-38-24-15-22-20(14-21(24)25(34)33-37)23(10-13-30-22)39-19-8-6-18(7-9-19)32-27(36)28(11-12-28)26(35)31-17-4-2-16(29)3-5-17/h2-10,13-15,37H,11-12H2,1H3,(H,31,35)(H,32,36)(H,33,34). The normalized spacial score (nSPS) is 13.3.